The summed E-state index contributed by atoms with van der Waals surface area (Å²) in [5.74, 6) is 0.335. The van der Waals surface area contributed by atoms with E-state index < -0.39 is 10.0 Å². The molecule has 2 aromatic carbocycles. The van der Waals surface area contributed by atoms with Crippen LogP contribution in [0.5, 0.6) is 11.5 Å². The van der Waals surface area contributed by atoms with Crippen LogP contribution in [-0.4, -0.2) is 42.6 Å². The van der Waals surface area contributed by atoms with Crippen molar-refractivity contribution in [1.82, 2.24) is 20.0 Å². The molecule has 0 amide bonds. The summed E-state index contributed by atoms with van der Waals surface area (Å²) >= 11 is 1.14. The fraction of sp³-hybridized carbons (Fsp3) is 0.150. The van der Waals surface area contributed by atoms with Crippen molar-refractivity contribution in [3.05, 3.63) is 66.5 Å². The molecule has 0 aliphatic rings. The van der Waals surface area contributed by atoms with E-state index in [0.717, 1.165) is 22.5 Å². The first-order chi connectivity index (χ1) is 15.0. The average molecular weight is 458 g/mol. The highest BCUT2D eigenvalue weighted by Gasteiger charge is 2.26. The third-order valence-corrected chi connectivity index (χ3v) is 6.84. The number of sulfonamides is 1. The first-order valence-corrected chi connectivity index (χ1v) is 11.4. The monoisotopic (exact) mass is 457 g/mol. The molecule has 0 atom stereocenters. The summed E-state index contributed by atoms with van der Waals surface area (Å²) in [6, 6.07) is 14.3. The molecule has 0 bridgehead atoms. The summed E-state index contributed by atoms with van der Waals surface area (Å²) in [5.41, 5.74) is 1.85. The van der Waals surface area contributed by atoms with E-state index in [1.807, 2.05) is 36.5 Å². The molecule has 0 saturated carbocycles. The minimum absolute atomic E-state index is 0.101. The number of anilines is 1. The van der Waals surface area contributed by atoms with Crippen molar-refractivity contribution in [2.45, 2.75) is 11.4 Å². The van der Waals surface area contributed by atoms with Crippen LogP contribution in [0.2, 0.25) is 0 Å². The Balaban J connectivity index is 1.64. The Morgan fingerprint density at radius 1 is 1.00 bits per heavy atom. The van der Waals surface area contributed by atoms with Gasteiger partial charge in [0, 0.05) is 18.0 Å². The highest BCUT2D eigenvalue weighted by molar-refractivity contribution is 7.93. The highest BCUT2D eigenvalue weighted by Crippen LogP contribution is 2.36. The number of aromatic nitrogens is 4. The van der Waals surface area contributed by atoms with Crippen LogP contribution in [0.1, 0.15) is 5.56 Å². The van der Waals surface area contributed by atoms with Crippen molar-refractivity contribution in [2.24, 2.45) is 0 Å². The lowest BCUT2D eigenvalue weighted by atomic mass is 10.1. The molecule has 0 saturated heterocycles. The zero-order chi connectivity index (χ0) is 21.8. The van der Waals surface area contributed by atoms with Gasteiger partial charge in [0.15, 0.2) is 4.90 Å². The Morgan fingerprint density at radius 3 is 2.42 bits per heavy atom. The second-order valence-corrected chi connectivity index (χ2v) is 8.97. The summed E-state index contributed by atoms with van der Waals surface area (Å²) in [6.45, 7) is 0.558. The molecule has 11 heteroatoms. The van der Waals surface area contributed by atoms with E-state index in [-0.39, 0.29) is 21.5 Å². The Bertz CT molecular complexity index is 1260. The van der Waals surface area contributed by atoms with E-state index in [4.69, 9.17) is 9.47 Å². The van der Waals surface area contributed by atoms with E-state index in [9.17, 15) is 8.42 Å². The molecule has 2 aromatic heterocycles. The van der Waals surface area contributed by atoms with Gasteiger partial charge in [-0.15, -0.1) is 10.2 Å². The molecule has 0 aliphatic heterocycles. The van der Waals surface area contributed by atoms with Crippen LogP contribution in [0.25, 0.3) is 10.6 Å². The van der Waals surface area contributed by atoms with Gasteiger partial charge in [-0.05, 0) is 23.8 Å². The van der Waals surface area contributed by atoms with Crippen LogP contribution in [0.3, 0.4) is 0 Å². The maximum absolute atomic E-state index is 13.0. The van der Waals surface area contributed by atoms with Crippen molar-refractivity contribution >= 4 is 26.5 Å². The zero-order valence-corrected chi connectivity index (χ0v) is 18.4. The third kappa shape index (κ3) is 4.37. The maximum atomic E-state index is 13.0. The standard InChI is InChI=1S/C20H19N5O4S2/c1-28-16-9-5-10-17(29-2)18(16)31(26,27)24-20-23-22-19(30-20)15-8-4-3-7-14(15)13-25-12-6-11-21-25/h3-12H,13H2,1-2H3,(H,23,24). The molecule has 0 radical (unpaired) electrons. The molecule has 160 valence electrons. The molecular weight excluding hydrogens is 438 g/mol. The van der Waals surface area contributed by atoms with Crippen molar-refractivity contribution in [2.75, 3.05) is 18.9 Å². The van der Waals surface area contributed by atoms with Gasteiger partial charge in [-0.3, -0.25) is 9.40 Å². The molecule has 4 aromatic rings. The summed E-state index contributed by atoms with van der Waals surface area (Å²) in [6.07, 6.45) is 3.59. The molecule has 4 rings (SSSR count). The van der Waals surface area contributed by atoms with Gasteiger partial charge in [-0.2, -0.15) is 5.10 Å². The van der Waals surface area contributed by atoms with Gasteiger partial charge in [0.05, 0.1) is 20.8 Å². The number of methoxy groups -OCH3 is 2. The smallest absolute Gasteiger partial charge is 0.271 e. The lowest BCUT2D eigenvalue weighted by Gasteiger charge is -2.13. The molecule has 1 N–H and O–H groups in total. The zero-order valence-electron chi connectivity index (χ0n) is 16.7. The van der Waals surface area contributed by atoms with Gasteiger partial charge in [0.25, 0.3) is 10.0 Å². The number of hydrogen-bond acceptors (Lipinski definition) is 8. The van der Waals surface area contributed by atoms with E-state index >= 15 is 0 Å². The first kappa shape index (κ1) is 20.8. The van der Waals surface area contributed by atoms with Crippen LogP contribution in [-0.2, 0) is 16.6 Å². The lowest BCUT2D eigenvalue weighted by Crippen LogP contribution is -2.15. The average Bonchev–Trinajstić information content (AvgIpc) is 3.45. The predicted octanol–water partition coefficient (Wildman–Crippen LogP) is 3.27. The number of nitrogens with one attached hydrogen (secondary N) is 1. The minimum atomic E-state index is -4.03. The third-order valence-electron chi connectivity index (χ3n) is 4.44. The van der Waals surface area contributed by atoms with Crippen LogP contribution >= 0.6 is 11.3 Å². The van der Waals surface area contributed by atoms with Gasteiger partial charge < -0.3 is 9.47 Å². The van der Waals surface area contributed by atoms with Crippen molar-refractivity contribution < 1.29 is 17.9 Å². The quantitative estimate of drug-likeness (QED) is 0.433. The molecule has 0 unspecified atom stereocenters. The van der Waals surface area contributed by atoms with Gasteiger partial charge in [-0.25, -0.2) is 8.42 Å². The number of ether oxygens (including phenoxy) is 2. The van der Waals surface area contributed by atoms with Gasteiger partial charge in [-0.1, -0.05) is 41.7 Å². The highest BCUT2D eigenvalue weighted by atomic mass is 32.2. The molecular formula is C20H19N5O4S2. The van der Waals surface area contributed by atoms with E-state index in [2.05, 4.69) is 20.0 Å². The largest absolute Gasteiger partial charge is 0.495 e. The van der Waals surface area contributed by atoms with Crippen LogP contribution in [0, 0.1) is 0 Å². The van der Waals surface area contributed by atoms with E-state index in [0.29, 0.717) is 11.6 Å². The molecule has 0 spiro atoms. The number of nitrogens with zero attached hydrogens (tertiary/aromatic N) is 4. The molecule has 9 nitrogen and oxygen atoms in total. The lowest BCUT2D eigenvalue weighted by molar-refractivity contribution is 0.373. The van der Waals surface area contributed by atoms with Crippen molar-refractivity contribution in [3.63, 3.8) is 0 Å². The van der Waals surface area contributed by atoms with Gasteiger partial charge in [0.1, 0.15) is 16.5 Å². The Hall–Kier alpha value is -3.44. The minimum Gasteiger partial charge on any atom is -0.495 e. The Kier molecular flexibility index (Phi) is 5.87. The van der Waals surface area contributed by atoms with Crippen LogP contribution in [0.4, 0.5) is 5.13 Å². The predicted molar refractivity (Wildman–Crippen MR) is 117 cm³/mol. The molecule has 31 heavy (non-hydrogen) atoms. The van der Waals surface area contributed by atoms with Crippen molar-refractivity contribution in [1.29, 1.82) is 0 Å². The second-order valence-electron chi connectivity index (χ2n) is 6.37. The molecule has 0 aliphatic carbocycles. The van der Waals surface area contributed by atoms with E-state index in [1.54, 1.807) is 29.1 Å². The normalized spacial score (nSPS) is 11.3. The van der Waals surface area contributed by atoms with Crippen LogP contribution in [0.15, 0.2) is 65.8 Å². The Morgan fingerprint density at radius 2 is 1.74 bits per heavy atom. The summed E-state index contributed by atoms with van der Waals surface area (Å²) in [7, 11) is -1.23. The number of benzene rings is 2. The van der Waals surface area contributed by atoms with Gasteiger partial charge in [0.2, 0.25) is 5.13 Å². The maximum Gasteiger partial charge on any atom is 0.271 e. The first-order valence-electron chi connectivity index (χ1n) is 9.15. The van der Waals surface area contributed by atoms with Crippen LogP contribution < -0.4 is 14.2 Å². The van der Waals surface area contributed by atoms with Gasteiger partial charge >= 0.3 is 0 Å². The SMILES string of the molecule is COc1cccc(OC)c1S(=O)(=O)Nc1nnc(-c2ccccc2Cn2cccn2)s1. The molecule has 2 heterocycles. The summed E-state index contributed by atoms with van der Waals surface area (Å²) < 4.78 is 40.8. The number of rotatable bonds is 8. The van der Waals surface area contributed by atoms with Crippen molar-refractivity contribution in [3.8, 4) is 22.1 Å². The Labute approximate surface area is 183 Å². The topological polar surface area (TPSA) is 108 Å². The second kappa shape index (κ2) is 8.74. The van der Waals surface area contributed by atoms with E-state index in [1.165, 1.54) is 14.2 Å². The number of hydrogen-bond donors (Lipinski definition) is 1. The molecule has 0 fully saturated rings. The summed E-state index contributed by atoms with van der Waals surface area (Å²) in [5, 5.41) is 13.2. The fourth-order valence-electron chi connectivity index (χ4n) is 3.06. The fourth-order valence-corrected chi connectivity index (χ4v) is 5.41. The summed E-state index contributed by atoms with van der Waals surface area (Å²) in [4.78, 5) is -0.101.